The Labute approximate surface area is 126 Å². The first-order chi connectivity index (χ1) is 9.77. The maximum absolute atomic E-state index is 11.8. The predicted molar refractivity (Wildman–Crippen MR) is 74.6 cm³/mol. The molecule has 7 nitrogen and oxygen atoms in total. The van der Waals surface area contributed by atoms with Crippen LogP contribution in [0.1, 0.15) is 5.56 Å². The molecule has 0 amide bonds. The number of rotatable bonds is 7. The Balaban J connectivity index is 2.82. The van der Waals surface area contributed by atoms with Crippen molar-refractivity contribution in [2.75, 3.05) is 13.7 Å². The first kappa shape index (κ1) is 17.3. The average molecular weight is 334 g/mol. The Morgan fingerprint density at radius 3 is 2.29 bits per heavy atom. The number of benzene rings is 1. The standard InChI is InChI=1S/C12H12ClNO6S/c1-8-3-5-9(6-4-8)21(17,18)20-7-10(15)11(12(13)16)14-19-2/h3-6H,7H2,1-2H3. The molecule has 0 unspecified atom stereocenters. The van der Waals surface area contributed by atoms with Crippen LogP contribution in [0.3, 0.4) is 0 Å². The number of hydrogen-bond donors (Lipinski definition) is 0. The first-order valence-electron chi connectivity index (χ1n) is 5.58. The summed E-state index contributed by atoms with van der Waals surface area (Å²) in [5.41, 5.74) is 0.130. The summed E-state index contributed by atoms with van der Waals surface area (Å²) in [4.78, 5) is 26.7. The minimum Gasteiger partial charge on any atom is -0.398 e. The van der Waals surface area contributed by atoms with Crippen LogP contribution in [0, 0.1) is 6.92 Å². The minimum absolute atomic E-state index is 0.108. The van der Waals surface area contributed by atoms with Crippen LogP contribution in [0.5, 0.6) is 0 Å². The Morgan fingerprint density at radius 1 is 1.24 bits per heavy atom. The van der Waals surface area contributed by atoms with Crippen molar-refractivity contribution in [3.05, 3.63) is 29.8 Å². The third-order valence-corrected chi connectivity index (χ3v) is 3.74. The number of nitrogens with zero attached hydrogens (tertiary/aromatic N) is 1. The van der Waals surface area contributed by atoms with Gasteiger partial charge >= 0.3 is 0 Å². The van der Waals surface area contributed by atoms with Gasteiger partial charge in [0, 0.05) is 0 Å². The maximum Gasteiger partial charge on any atom is 0.297 e. The molecular weight excluding hydrogens is 322 g/mol. The summed E-state index contributed by atoms with van der Waals surface area (Å²) in [5, 5.41) is 1.95. The molecule has 0 bridgehead atoms. The number of carbonyl (C=O) groups is 2. The summed E-state index contributed by atoms with van der Waals surface area (Å²) in [6.07, 6.45) is 0. The second kappa shape index (κ2) is 7.30. The van der Waals surface area contributed by atoms with Gasteiger partial charge in [-0.1, -0.05) is 22.9 Å². The quantitative estimate of drug-likeness (QED) is 0.243. The van der Waals surface area contributed by atoms with E-state index in [1.54, 1.807) is 19.1 Å². The van der Waals surface area contributed by atoms with E-state index in [4.69, 9.17) is 11.6 Å². The molecule has 0 N–H and O–H groups in total. The molecule has 0 aliphatic heterocycles. The van der Waals surface area contributed by atoms with Gasteiger partial charge in [0.1, 0.15) is 13.7 Å². The van der Waals surface area contributed by atoms with Gasteiger partial charge in [0.25, 0.3) is 15.4 Å². The second-order valence-electron chi connectivity index (χ2n) is 3.85. The molecule has 21 heavy (non-hydrogen) atoms. The Kier molecular flexibility index (Phi) is 6.01. The molecule has 0 fully saturated rings. The number of carbonyl (C=O) groups excluding carboxylic acids is 2. The number of halogens is 1. The van der Waals surface area contributed by atoms with Crippen molar-refractivity contribution < 1.29 is 27.0 Å². The normalized spacial score (nSPS) is 12.0. The minimum atomic E-state index is -4.12. The Morgan fingerprint density at radius 2 is 1.81 bits per heavy atom. The molecule has 0 heterocycles. The summed E-state index contributed by atoms with van der Waals surface area (Å²) >= 11 is 5.13. The summed E-state index contributed by atoms with van der Waals surface area (Å²) in [5.74, 6) is -1.01. The third-order valence-electron chi connectivity index (χ3n) is 2.29. The van der Waals surface area contributed by atoms with Crippen molar-refractivity contribution in [1.82, 2.24) is 0 Å². The van der Waals surface area contributed by atoms with Gasteiger partial charge in [-0.05, 0) is 30.7 Å². The Hall–Kier alpha value is -1.77. The molecule has 114 valence electrons. The lowest BCUT2D eigenvalue weighted by Gasteiger charge is -2.05. The lowest BCUT2D eigenvalue weighted by molar-refractivity contribution is -0.116. The lowest BCUT2D eigenvalue weighted by Crippen LogP contribution is -2.26. The molecule has 0 saturated heterocycles. The van der Waals surface area contributed by atoms with Crippen LogP contribution in [0.15, 0.2) is 34.3 Å². The van der Waals surface area contributed by atoms with Crippen LogP contribution in [-0.4, -0.2) is 38.9 Å². The van der Waals surface area contributed by atoms with E-state index in [9.17, 15) is 18.0 Å². The number of ketones is 1. The van der Waals surface area contributed by atoms with Crippen molar-refractivity contribution in [2.45, 2.75) is 11.8 Å². The smallest absolute Gasteiger partial charge is 0.297 e. The van der Waals surface area contributed by atoms with Gasteiger partial charge in [0.15, 0.2) is 0 Å². The van der Waals surface area contributed by atoms with E-state index in [-0.39, 0.29) is 4.90 Å². The molecule has 1 rings (SSSR count). The van der Waals surface area contributed by atoms with E-state index in [1.807, 2.05) is 0 Å². The van der Waals surface area contributed by atoms with Gasteiger partial charge in [0.05, 0.1) is 4.90 Å². The van der Waals surface area contributed by atoms with Crippen LogP contribution in [0.4, 0.5) is 0 Å². The van der Waals surface area contributed by atoms with Gasteiger partial charge in [-0.2, -0.15) is 8.42 Å². The maximum atomic E-state index is 11.8. The SMILES string of the molecule is CON=C(C(=O)Cl)C(=O)COS(=O)(=O)c1ccc(C)cc1. The number of oxime groups is 1. The van der Waals surface area contributed by atoms with Crippen LogP contribution in [0.2, 0.25) is 0 Å². The lowest BCUT2D eigenvalue weighted by atomic mass is 10.2. The van der Waals surface area contributed by atoms with Gasteiger partial charge in [-0.15, -0.1) is 0 Å². The number of Topliss-reactive ketones (excluding diaryl/α,β-unsaturated/α-hetero) is 1. The van der Waals surface area contributed by atoms with Crippen LogP contribution < -0.4 is 0 Å². The van der Waals surface area contributed by atoms with Gasteiger partial charge in [0.2, 0.25) is 11.5 Å². The number of aryl methyl sites for hydroxylation is 1. The molecular formula is C12H12ClNO6S. The fraction of sp³-hybridized carbons (Fsp3) is 0.250. The van der Waals surface area contributed by atoms with E-state index in [1.165, 1.54) is 12.1 Å². The highest BCUT2D eigenvalue weighted by Gasteiger charge is 2.23. The fourth-order valence-corrected chi connectivity index (χ4v) is 2.27. The van der Waals surface area contributed by atoms with Crippen molar-refractivity contribution >= 4 is 38.5 Å². The van der Waals surface area contributed by atoms with E-state index in [0.717, 1.165) is 12.7 Å². The van der Waals surface area contributed by atoms with Crippen molar-refractivity contribution in [3.63, 3.8) is 0 Å². The molecule has 0 saturated carbocycles. The topological polar surface area (TPSA) is 99.1 Å². The largest absolute Gasteiger partial charge is 0.398 e. The van der Waals surface area contributed by atoms with Gasteiger partial charge in [-0.25, -0.2) is 0 Å². The molecule has 0 aromatic heterocycles. The molecule has 0 radical (unpaired) electrons. The molecule has 0 spiro atoms. The highest BCUT2D eigenvalue weighted by Crippen LogP contribution is 2.13. The molecule has 9 heteroatoms. The van der Waals surface area contributed by atoms with E-state index in [2.05, 4.69) is 14.2 Å². The molecule has 0 atom stereocenters. The molecule has 0 aliphatic carbocycles. The Bertz CT molecular complexity index is 665. The van der Waals surface area contributed by atoms with Crippen LogP contribution >= 0.6 is 11.6 Å². The van der Waals surface area contributed by atoms with E-state index >= 15 is 0 Å². The third kappa shape index (κ3) is 4.92. The van der Waals surface area contributed by atoms with Crippen LogP contribution in [-0.2, 0) is 28.7 Å². The zero-order chi connectivity index (χ0) is 16.0. The zero-order valence-electron chi connectivity index (χ0n) is 11.2. The van der Waals surface area contributed by atoms with Crippen molar-refractivity contribution in [1.29, 1.82) is 0 Å². The zero-order valence-corrected chi connectivity index (χ0v) is 12.8. The summed E-state index contributed by atoms with van der Waals surface area (Å²) in [6.45, 7) is 0.886. The first-order valence-corrected chi connectivity index (χ1v) is 7.37. The molecule has 0 aliphatic rings. The van der Waals surface area contributed by atoms with E-state index in [0.29, 0.717) is 0 Å². The molecule has 1 aromatic rings. The average Bonchev–Trinajstić information content (AvgIpc) is 2.42. The number of hydrogen-bond acceptors (Lipinski definition) is 7. The summed E-state index contributed by atoms with van der Waals surface area (Å²) < 4.78 is 28.2. The monoisotopic (exact) mass is 333 g/mol. The van der Waals surface area contributed by atoms with Crippen molar-refractivity contribution in [3.8, 4) is 0 Å². The second-order valence-corrected chi connectivity index (χ2v) is 5.81. The van der Waals surface area contributed by atoms with E-state index < -0.39 is 33.5 Å². The summed E-state index contributed by atoms with van der Waals surface area (Å²) in [7, 11) is -3.01. The highest BCUT2D eigenvalue weighted by atomic mass is 35.5. The predicted octanol–water partition coefficient (Wildman–Crippen LogP) is 1.04. The van der Waals surface area contributed by atoms with Crippen molar-refractivity contribution in [2.24, 2.45) is 5.16 Å². The summed E-state index contributed by atoms with van der Waals surface area (Å²) in [6, 6.07) is 5.84. The van der Waals surface area contributed by atoms with Gasteiger partial charge < -0.3 is 4.84 Å². The van der Waals surface area contributed by atoms with Crippen LogP contribution in [0.25, 0.3) is 0 Å². The molecule has 1 aromatic carbocycles. The fourth-order valence-electron chi connectivity index (χ4n) is 1.26. The van der Waals surface area contributed by atoms with Gasteiger partial charge in [-0.3, -0.25) is 13.8 Å². The highest BCUT2D eigenvalue weighted by molar-refractivity contribution is 7.86.